The minimum Gasteiger partial charge on any atom is -0.115 e. The van der Waals surface area contributed by atoms with E-state index >= 15 is 0 Å². The second-order valence-corrected chi connectivity index (χ2v) is 4.26. The summed E-state index contributed by atoms with van der Waals surface area (Å²) < 4.78 is 0. The van der Waals surface area contributed by atoms with E-state index in [2.05, 4.69) is 46.6 Å². The molecule has 0 heteroatoms. The van der Waals surface area contributed by atoms with Crippen molar-refractivity contribution in [3.63, 3.8) is 0 Å². The van der Waals surface area contributed by atoms with Gasteiger partial charge in [0.15, 0.2) is 0 Å². The first-order chi connectivity index (χ1) is 4.87. The quantitative estimate of drug-likeness (QED) is 0.503. The van der Waals surface area contributed by atoms with Crippen molar-refractivity contribution in [2.24, 2.45) is 11.3 Å². The predicted molar refractivity (Wildman–Crippen MR) is 51.2 cm³/mol. The van der Waals surface area contributed by atoms with Gasteiger partial charge in [-0.15, -0.1) is 6.42 Å². The third kappa shape index (κ3) is 4.67. The molecule has 0 saturated heterocycles. The first kappa shape index (κ1) is 10.3. The van der Waals surface area contributed by atoms with E-state index in [1.165, 1.54) is 0 Å². The van der Waals surface area contributed by atoms with E-state index in [9.17, 15) is 0 Å². The van der Waals surface area contributed by atoms with E-state index in [0.717, 1.165) is 5.57 Å². The molecular formula is C11H18. The molecule has 0 aromatic heterocycles. The molecule has 0 radical (unpaired) electrons. The highest BCUT2D eigenvalue weighted by molar-refractivity contribution is 5.28. The topological polar surface area (TPSA) is 0 Å². The van der Waals surface area contributed by atoms with Gasteiger partial charge in [-0.1, -0.05) is 46.6 Å². The van der Waals surface area contributed by atoms with Crippen molar-refractivity contribution in [3.05, 3.63) is 11.6 Å². The Kier molecular flexibility index (Phi) is 3.39. The Labute approximate surface area is 70.7 Å². The summed E-state index contributed by atoms with van der Waals surface area (Å²) in [7, 11) is 0. The first-order valence-electron chi connectivity index (χ1n) is 4.06. The number of hydrogen-bond acceptors (Lipinski definition) is 0. The minimum absolute atomic E-state index is 0.200. The third-order valence-corrected chi connectivity index (χ3v) is 1.38. The Bertz CT molecular complexity index is 181. The fraction of sp³-hybridized carbons (Fsp3) is 0.636. The summed E-state index contributed by atoms with van der Waals surface area (Å²) in [5.41, 5.74) is 1.31. The minimum atomic E-state index is 0.200. The van der Waals surface area contributed by atoms with Gasteiger partial charge in [0.2, 0.25) is 0 Å². The fourth-order valence-corrected chi connectivity index (χ4v) is 0.842. The standard InChI is InChI=1S/C11H18/c1-7-10(9(2)3)8-11(4,5)6/h1,8-9H,2-6H3. The van der Waals surface area contributed by atoms with E-state index in [0.29, 0.717) is 5.92 Å². The van der Waals surface area contributed by atoms with Crippen LogP contribution in [0, 0.1) is 23.7 Å². The Morgan fingerprint density at radius 3 is 1.91 bits per heavy atom. The van der Waals surface area contributed by atoms with Crippen molar-refractivity contribution < 1.29 is 0 Å². The Hall–Kier alpha value is -0.700. The molecule has 0 aromatic rings. The summed E-state index contributed by atoms with van der Waals surface area (Å²) >= 11 is 0. The summed E-state index contributed by atoms with van der Waals surface area (Å²) in [5, 5.41) is 0. The summed E-state index contributed by atoms with van der Waals surface area (Å²) in [5.74, 6) is 3.19. The zero-order chi connectivity index (χ0) is 9.07. The molecule has 0 aliphatic heterocycles. The Morgan fingerprint density at radius 1 is 1.36 bits per heavy atom. The predicted octanol–water partition coefficient (Wildman–Crippen LogP) is 3.25. The molecular weight excluding hydrogens is 132 g/mol. The number of allylic oxidation sites excluding steroid dienone is 2. The van der Waals surface area contributed by atoms with Crippen molar-refractivity contribution in [2.75, 3.05) is 0 Å². The Morgan fingerprint density at radius 2 is 1.82 bits per heavy atom. The van der Waals surface area contributed by atoms with E-state index in [-0.39, 0.29) is 5.41 Å². The van der Waals surface area contributed by atoms with Crippen LogP contribution in [0.1, 0.15) is 34.6 Å². The van der Waals surface area contributed by atoms with Crippen LogP contribution in [0.15, 0.2) is 11.6 Å². The van der Waals surface area contributed by atoms with Crippen LogP contribution >= 0.6 is 0 Å². The van der Waals surface area contributed by atoms with Crippen molar-refractivity contribution in [2.45, 2.75) is 34.6 Å². The number of rotatable bonds is 1. The van der Waals surface area contributed by atoms with Crippen molar-refractivity contribution in [1.29, 1.82) is 0 Å². The van der Waals surface area contributed by atoms with Crippen LogP contribution < -0.4 is 0 Å². The molecule has 0 aliphatic carbocycles. The van der Waals surface area contributed by atoms with Gasteiger partial charge in [-0.3, -0.25) is 0 Å². The van der Waals surface area contributed by atoms with Gasteiger partial charge in [0, 0.05) is 5.57 Å². The van der Waals surface area contributed by atoms with E-state index in [1.54, 1.807) is 0 Å². The average Bonchev–Trinajstić information content (AvgIpc) is 1.80. The van der Waals surface area contributed by atoms with Gasteiger partial charge in [0.25, 0.3) is 0 Å². The normalized spacial score (nSPS) is 13.4. The Balaban J connectivity index is 4.53. The monoisotopic (exact) mass is 150 g/mol. The maximum absolute atomic E-state index is 5.36. The highest BCUT2D eigenvalue weighted by Crippen LogP contribution is 2.20. The smallest absolute Gasteiger partial charge is 0.000848 e. The van der Waals surface area contributed by atoms with Crippen LogP contribution in [0.5, 0.6) is 0 Å². The average molecular weight is 150 g/mol. The van der Waals surface area contributed by atoms with Gasteiger partial charge in [0.1, 0.15) is 0 Å². The van der Waals surface area contributed by atoms with Crippen LogP contribution in [-0.4, -0.2) is 0 Å². The summed E-state index contributed by atoms with van der Waals surface area (Å²) in [4.78, 5) is 0. The van der Waals surface area contributed by atoms with Crippen molar-refractivity contribution >= 4 is 0 Å². The zero-order valence-corrected chi connectivity index (χ0v) is 8.23. The van der Waals surface area contributed by atoms with Crippen LogP contribution in [0.4, 0.5) is 0 Å². The lowest BCUT2D eigenvalue weighted by molar-refractivity contribution is 0.535. The lowest BCUT2D eigenvalue weighted by Crippen LogP contribution is -2.03. The van der Waals surface area contributed by atoms with E-state index in [1.807, 2.05) is 0 Å². The van der Waals surface area contributed by atoms with Crippen LogP contribution in [-0.2, 0) is 0 Å². The molecule has 0 saturated carbocycles. The van der Waals surface area contributed by atoms with Crippen LogP contribution in [0.2, 0.25) is 0 Å². The summed E-state index contributed by atoms with van der Waals surface area (Å²) in [6.07, 6.45) is 7.53. The first-order valence-corrected chi connectivity index (χ1v) is 4.06. The molecule has 62 valence electrons. The fourth-order valence-electron chi connectivity index (χ4n) is 0.842. The maximum Gasteiger partial charge on any atom is 0.000848 e. The lowest BCUT2D eigenvalue weighted by Gasteiger charge is -2.15. The number of hydrogen-bond donors (Lipinski definition) is 0. The highest BCUT2D eigenvalue weighted by atomic mass is 14.1. The van der Waals surface area contributed by atoms with Crippen molar-refractivity contribution in [3.8, 4) is 12.3 Å². The van der Waals surface area contributed by atoms with Gasteiger partial charge in [-0.05, 0) is 11.3 Å². The second kappa shape index (κ2) is 3.62. The zero-order valence-electron chi connectivity index (χ0n) is 8.23. The molecule has 0 bridgehead atoms. The molecule has 0 rings (SSSR count). The van der Waals surface area contributed by atoms with Gasteiger partial charge in [0.05, 0.1) is 0 Å². The van der Waals surface area contributed by atoms with Gasteiger partial charge < -0.3 is 0 Å². The van der Waals surface area contributed by atoms with Crippen LogP contribution in [0.25, 0.3) is 0 Å². The van der Waals surface area contributed by atoms with Gasteiger partial charge in [-0.2, -0.15) is 0 Å². The molecule has 0 N–H and O–H groups in total. The maximum atomic E-state index is 5.36. The molecule has 0 heterocycles. The van der Waals surface area contributed by atoms with Gasteiger partial charge >= 0.3 is 0 Å². The molecule has 0 nitrogen and oxygen atoms in total. The van der Waals surface area contributed by atoms with E-state index in [4.69, 9.17) is 6.42 Å². The lowest BCUT2D eigenvalue weighted by atomic mass is 9.90. The summed E-state index contributed by atoms with van der Waals surface area (Å²) in [6, 6.07) is 0. The van der Waals surface area contributed by atoms with Crippen molar-refractivity contribution in [1.82, 2.24) is 0 Å². The SMILES string of the molecule is C#CC(=CC(C)(C)C)C(C)C. The van der Waals surface area contributed by atoms with Crippen LogP contribution in [0.3, 0.4) is 0 Å². The summed E-state index contributed by atoms with van der Waals surface area (Å²) in [6.45, 7) is 10.7. The second-order valence-electron chi connectivity index (χ2n) is 4.26. The third-order valence-electron chi connectivity index (χ3n) is 1.38. The molecule has 0 aromatic carbocycles. The van der Waals surface area contributed by atoms with E-state index < -0.39 is 0 Å². The number of terminal acetylenes is 1. The molecule has 11 heavy (non-hydrogen) atoms. The largest absolute Gasteiger partial charge is 0.115 e. The molecule has 0 atom stereocenters. The molecule has 0 fully saturated rings. The van der Waals surface area contributed by atoms with Gasteiger partial charge in [-0.25, -0.2) is 0 Å². The molecule has 0 spiro atoms. The molecule has 0 amide bonds. The molecule has 0 unspecified atom stereocenters. The highest BCUT2D eigenvalue weighted by Gasteiger charge is 2.08. The molecule has 0 aliphatic rings.